The summed E-state index contributed by atoms with van der Waals surface area (Å²) in [6.45, 7) is 6.09. The SMILES string of the molecule is Cc1nc(C)c(NC(=O)N2CCC(C)(C(=O)O)C2)s1. The maximum Gasteiger partial charge on any atom is 0.322 e. The molecule has 2 N–H and O–H groups in total. The van der Waals surface area contributed by atoms with Crippen LogP contribution in [0.3, 0.4) is 0 Å². The molecule has 1 aliphatic rings. The summed E-state index contributed by atoms with van der Waals surface area (Å²) in [6.07, 6.45) is 0.483. The van der Waals surface area contributed by atoms with E-state index in [0.717, 1.165) is 15.7 Å². The molecule has 1 saturated heterocycles. The average Bonchev–Trinajstić information content (AvgIpc) is 2.84. The minimum Gasteiger partial charge on any atom is -0.481 e. The fraction of sp³-hybridized carbons (Fsp3) is 0.583. The van der Waals surface area contributed by atoms with Gasteiger partial charge in [-0.25, -0.2) is 9.78 Å². The van der Waals surface area contributed by atoms with Gasteiger partial charge in [0.15, 0.2) is 0 Å². The van der Waals surface area contributed by atoms with Crippen molar-refractivity contribution in [3.63, 3.8) is 0 Å². The van der Waals surface area contributed by atoms with Gasteiger partial charge in [-0.3, -0.25) is 10.1 Å². The van der Waals surface area contributed by atoms with Crippen molar-refractivity contribution < 1.29 is 14.7 Å². The first-order valence-electron chi connectivity index (χ1n) is 6.05. The number of likely N-dealkylation sites (tertiary alicyclic amines) is 1. The first-order chi connectivity index (χ1) is 8.82. The van der Waals surface area contributed by atoms with Crippen molar-refractivity contribution in [3.05, 3.63) is 10.7 Å². The number of urea groups is 1. The average molecular weight is 283 g/mol. The van der Waals surface area contributed by atoms with Crippen molar-refractivity contribution in [2.45, 2.75) is 27.2 Å². The highest BCUT2D eigenvalue weighted by molar-refractivity contribution is 7.16. The van der Waals surface area contributed by atoms with Gasteiger partial charge in [-0.1, -0.05) is 0 Å². The zero-order chi connectivity index (χ0) is 14.2. The Kier molecular flexibility index (Phi) is 3.49. The van der Waals surface area contributed by atoms with E-state index in [1.807, 2.05) is 13.8 Å². The highest BCUT2D eigenvalue weighted by Gasteiger charge is 2.42. The second kappa shape index (κ2) is 4.80. The molecule has 0 saturated carbocycles. The lowest BCUT2D eigenvalue weighted by Gasteiger charge is -2.20. The van der Waals surface area contributed by atoms with Gasteiger partial charge >= 0.3 is 12.0 Å². The van der Waals surface area contributed by atoms with Gasteiger partial charge in [-0.05, 0) is 27.2 Å². The van der Waals surface area contributed by atoms with E-state index in [-0.39, 0.29) is 12.6 Å². The zero-order valence-corrected chi connectivity index (χ0v) is 12.0. The zero-order valence-electron chi connectivity index (χ0n) is 11.2. The number of carboxylic acids is 1. The summed E-state index contributed by atoms with van der Waals surface area (Å²) in [7, 11) is 0. The van der Waals surface area contributed by atoms with Gasteiger partial charge < -0.3 is 10.0 Å². The van der Waals surface area contributed by atoms with Crippen molar-refractivity contribution in [3.8, 4) is 0 Å². The topological polar surface area (TPSA) is 82.5 Å². The molecule has 2 amide bonds. The molecule has 19 heavy (non-hydrogen) atoms. The second-order valence-electron chi connectivity index (χ2n) is 5.11. The van der Waals surface area contributed by atoms with Crippen LogP contribution in [0.15, 0.2) is 0 Å². The molecule has 7 heteroatoms. The van der Waals surface area contributed by atoms with Gasteiger partial charge in [0, 0.05) is 13.1 Å². The lowest BCUT2D eigenvalue weighted by atomic mass is 9.90. The van der Waals surface area contributed by atoms with Gasteiger partial charge in [-0.2, -0.15) is 0 Å². The number of carbonyl (C=O) groups is 2. The number of amides is 2. The predicted octanol–water partition coefficient (Wildman–Crippen LogP) is 2.09. The molecule has 2 rings (SSSR count). The number of aryl methyl sites for hydroxylation is 2. The first kappa shape index (κ1) is 13.8. The highest BCUT2D eigenvalue weighted by Crippen LogP contribution is 2.31. The summed E-state index contributed by atoms with van der Waals surface area (Å²) < 4.78 is 0. The van der Waals surface area contributed by atoms with E-state index in [4.69, 9.17) is 5.11 Å². The van der Waals surface area contributed by atoms with Crippen LogP contribution in [-0.2, 0) is 4.79 Å². The molecule has 1 unspecified atom stereocenters. The lowest BCUT2D eigenvalue weighted by molar-refractivity contribution is -0.146. The molecule has 0 spiro atoms. The van der Waals surface area contributed by atoms with Gasteiger partial charge in [0.2, 0.25) is 0 Å². The number of hydrogen-bond acceptors (Lipinski definition) is 4. The number of rotatable bonds is 2. The standard InChI is InChI=1S/C12H17N3O3S/c1-7-9(19-8(2)13-7)14-11(18)15-5-4-12(3,6-15)10(16)17/h4-6H2,1-3H3,(H,14,18)(H,16,17). The maximum absolute atomic E-state index is 12.1. The smallest absolute Gasteiger partial charge is 0.322 e. The van der Waals surface area contributed by atoms with Gasteiger partial charge in [-0.15, -0.1) is 11.3 Å². The van der Waals surface area contributed by atoms with Crippen molar-refractivity contribution in [2.24, 2.45) is 5.41 Å². The summed E-state index contributed by atoms with van der Waals surface area (Å²) in [6, 6.07) is -0.253. The molecular weight excluding hydrogens is 266 g/mol. The monoisotopic (exact) mass is 283 g/mol. The molecule has 6 nitrogen and oxygen atoms in total. The van der Waals surface area contributed by atoms with Crippen molar-refractivity contribution in [1.82, 2.24) is 9.88 Å². The number of nitrogens with one attached hydrogen (secondary N) is 1. The van der Waals surface area contributed by atoms with E-state index in [1.54, 1.807) is 11.8 Å². The maximum atomic E-state index is 12.1. The molecule has 1 atom stereocenters. The van der Waals surface area contributed by atoms with Crippen LogP contribution in [0.5, 0.6) is 0 Å². The van der Waals surface area contributed by atoms with Gasteiger partial charge in [0.05, 0.1) is 16.1 Å². The van der Waals surface area contributed by atoms with E-state index in [2.05, 4.69) is 10.3 Å². The van der Waals surface area contributed by atoms with Crippen LogP contribution in [0.2, 0.25) is 0 Å². The molecule has 1 aliphatic heterocycles. The summed E-state index contributed by atoms with van der Waals surface area (Å²) in [5.74, 6) is -0.854. The van der Waals surface area contributed by atoms with E-state index in [9.17, 15) is 9.59 Å². The summed E-state index contributed by atoms with van der Waals surface area (Å²) >= 11 is 1.42. The summed E-state index contributed by atoms with van der Waals surface area (Å²) in [4.78, 5) is 29.0. The Hall–Kier alpha value is -1.63. The summed E-state index contributed by atoms with van der Waals surface area (Å²) in [5, 5.41) is 13.6. The Balaban J connectivity index is 2.03. The predicted molar refractivity (Wildman–Crippen MR) is 72.5 cm³/mol. The number of hydrogen-bond donors (Lipinski definition) is 2. The quantitative estimate of drug-likeness (QED) is 0.870. The number of anilines is 1. The molecule has 104 valence electrons. The molecule has 1 aromatic rings. The minimum atomic E-state index is -0.854. The van der Waals surface area contributed by atoms with E-state index >= 15 is 0 Å². The van der Waals surface area contributed by atoms with Crippen molar-refractivity contribution >= 4 is 28.3 Å². The third-order valence-electron chi connectivity index (χ3n) is 3.40. The Bertz CT molecular complexity index is 528. The van der Waals surface area contributed by atoms with Crippen LogP contribution < -0.4 is 5.32 Å². The second-order valence-corrected chi connectivity index (χ2v) is 6.32. The summed E-state index contributed by atoms with van der Waals surface area (Å²) in [5.41, 5.74) is -0.0493. The van der Waals surface area contributed by atoms with Crippen LogP contribution in [0.25, 0.3) is 0 Å². The molecule has 0 radical (unpaired) electrons. The molecule has 0 aromatic carbocycles. The molecule has 1 aromatic heterocycles. The third-order valence-corrected chi connectivity index (χ3v) is 4.39. The van der Waals surface area contributed by atoms with Crippen LogP contribution in [0, 0.1) is 19.3 Å². The van der Waals surface area contributed by atoms with E-state index in [1.165, 1.54) is 11.3 Å². The van der Waals surface area contributed by atoms with Crippen molar-refractivity contribution in [2.75, 3.05) is 18.4 Å². The number of thiazole rings is 1. The molecule has 0 bridgehead atoms. The number of aliphatic carboxylic acids is 1. The number of carbonyl (C=O) groups excluding carboxylic acids is 1. The van der Waals surface area contributed by atoms with Crippen LogP contribution in [0.1, 0.15) is 24.0 Å². The minimum absolute atomic E-state index is 0.241. The Morgan fingerprint density at radius 2 is 2.16 bits per heavy atom. The Morgan fingerprint density at radius 1 is 1.47 bits per heavy atom. The van der Waals surface area contributed by atoms with Crippen molar-refractivity contribution in [1.29, 1.82) is 0 Å². The van der Waals surface area contributed by atoms with E-state index in [0.29, 0.717) is 13.0 Å². The van der Waals surface area contributed by atoms with Gasteiger partial charge in [0.25, 0.3) is 0 Å². The Labute approximate surface area is 115 Å². The number of carboxylic acid groups (broad SMARTS) is 1. The molecule has 2 heterocycles. The lowest BCUT2D eigenvalue weighted by Crippen LogP contribution is -2.37. The Morgan fingerprint density at radius 3 is 2.63 bits per heavy atom. The normalized spacial score (nSPS) is 22.6. The van der Waals surface area contributed by atoms with Gasteiger partial charge in [0.1, 0.15) is 5.00 Å². The fourth-order valence-corrected chi connectivity index (χ4v) is 2.94. The number of aromatic nitrogens is 1. The first-order valence-corrected chi connectivity index (χ1v) is 6.87. The fourth-order valence-electron chi connectivity index (χ4n) is 2.13. The molecule has 1 fully saturated rings. The molecular formula is C12H17N3O3S. The largest absolute Gasteiger partial charge is 0.481 e. The van der Waals surface area contributed by atoms with E-state index < -0.39 is 11.4 Å². The third kappa shape index (κ3) is 2.70. The highest BCUT2D eigenvalue weighted by atomic mass is 32.1. The van der Waals surface area contributed by atoms with Crippen LogP contribution in [0.4, 0.5) is 9.80 Å². The number of nitrogens with zero attached hydrogens (tertiary/aromatic N) is 2. The molecule has 0 aliphatic carbocycles. The van der Waals surface area contributed by atoms with Crippen LogP contribution >= 0.6 is 11.3 Å². The van der Waals surface area contributed by atoms with Crippen LogP contribution in [-0.4, -0.2) is 40.1 Å².